The van der Waals surface area contributed by atoms with Crippen molar-refractivity contribution in [2.24, 2.45) is 0 Å². The molecule has 2 aromatic carbocycles. The van der Waals surface area contributed by atoms with Crippen molar-refractivity contribution in [2.75, 3.05) is 0 Å². The molecule has 0 saturated heterocycles. The van der Waals surface area contributed by atoms with E-state index in [4.69, 9.17) is 15.8 Å². The van der Waals surface area contributed by atoms with Gasteiger partial charge in [0.05, 0.1) is 16.3 Å². The molecule has 146 valence electrons. The highest BCUT2D eigenvalue weighted by atomic mass is 35.5. The lowest BCUT2D eigenvalue weighted by atomic mass is 10.1. The van der Waals surface area contributed by atoms with Crippen LogP contribution in [0.1, 0.15) is 25.5 Å². The Bertz CT molecular complexity index is 1110. The van der Waals surface area contributed by atoms with Crippen molar-refractivity contribution in [3.63, 3.8) is 0 Å². The molecule has 1 aromatic heterocycles. The van der Waals surface area contributed by atoms with E-state index in [2.05, 4.69) is 5.10 Å². The molecule has 8 nitrogen and oxygen atoms in total. The fourth-order valence-electron chi connectivity index (χ4n) is 2.39. The van der Waals surface area contributed by atoms with Gasteiger partial charge in [0.1, 0.15) is 4.90 Å². The molecule has 0 amide bonds. The molecule has 0 aliphatic heterocycles. The smallest absolute Gasteiger partial charge is 0.340 e. The van der Waals surface area contributed by atoms with Gasteiger partial charge >= 0.3 is 10.1 Å². The molecular weight excluding hydrogens is 406 g/mol. The number of halogens is 1. The van der Waals surface area contributed by atoms with Gasteiger partial charge in [0.2, 0.25) is 5.88 Å². The quantitative estimate of drug-likeness (QED) is 0.333. The van der Waals surface area contributed by atoms with E-state index in [-0.39, 0.29) is 22.4 Å². The highest BCUT2D eigenvalue weighted by Gasteiger charge is 2.23. The summed E-state index contributed by atoms with van der Waals surface area (Å²) < 4.78 is 32.0. The predicted molar refractivity (Wildman–Crippen MR) is 104 cm³/mol. The third-order valence-electron chi connectivity index (χ3n) is 3.89. The summed E-state index contributed by atoms with van der Waals surface area (Å²) >= 11 is 5.91. The lowest BCUT2D eigenvalue weighted by molar-refractivity contribution is -0.384. The zero-order valence-electron chi connectivity index (χ0n) is 14.9. The zero-order valence-corrected chi connectivity index (χ0v) is 16.5. The van der Waals surface area contributed by atoms with Gasteiger partial charge in [-0.3, -0.25) is 10.1 Å². The molecule has 10 heteroatoms. The minimum absolute atomic E-state index is 0.00405. The van der Waals surface area contributed by atoms with Gasteiger partial charge in [-0.2, -0.15) is 18.2 Å². The number of non-ortho nitro benzene ring substituents is 1. The van der Waals surface area contributed by atoms with Crippen LogP contribution in [0.4, 0.5) is 5.69 Å². The van der Waals surface area contributed by atoms with Crippen LogP contribution in [0.3, 0.4) is 0 Å². The summed E-state index contributed by atoms with van der Waals surface area (Å²) in [4.78, 5) is 9.94. The van der Waals surface area contributed by atoms with E-state index in [0.717, 1.165) is 24.3 Å². The Balaban J connectivity index is 2.00. The molecule has 0 bridgehead atoms. The van der Waals surface area contributed by atoms with Crippen LogP contribution in [-0.4, -0.2) is 23.1 Å². The summed E-state index contributed by atoms with van der Waals surface area (Å²) in [6.07, 6.45) is 0. The second-order valence-electron chi connectivity index (χ2n) is 6.24. The van der Waals surface area contributed by atoms with Crippen LogP contribution in [-0.2, 0) is 10.1 Å². The van der Waals surface area contributed by atoms with Crippen molar-refractivity contribution >= 4 is 27.4 Å². The fourth-order valence-corrected chi connectivity index (χ4v) is 3.42. The first-order valence-corrected chi connectivity index (χ1v) is 10.0. The standard InChI is InChI=1S/C18H16ClN3O5S/c1-12(2)17-11-18(21(20-17)14-5-3-13(19)4-6-14)27-28(25,26)16-9-7-15(8-10-16)22(23)24/h3-12H,1-2H3. The van der Waals surface area contributed by atoms with E-state index >= 15 is 0 Å². The summed E-state index contributed by atoms with van der Waals surface area (Å²) in [5.41, 5.74) is 1.00. The van der Waals surface area contributed by atoms with E-state index in [9.17, 15) is 18.5 Å². The van der Waals surface area contributed by atoms with Crippen molar-refractivity contribution < 1.29 is 17.5 Å². The molecule has 0 saturated carbocycles. The van der Waals surface area contributed by atoms with Crippen LogP contribution < -0.4 is 4.18 Å². The molecule has 3 rings (SSSR count). The minimum atomic E-state index is -4.22. The summed E-state index contributed by atoms with van der Waals surface area (Å²) in [6, 6.07) is 12.7. The van der Waals surface area contributed by atoms with Gasteiger partial charge in [-0.1, -0.05) is 25.4 Å². The van der Waals surface area contributed by atoms with Gasteiger partial charge in [-0.25, -0.2) is 0 Å². The van der Waals surface area contributed by atoms with Crippen LogP contribution in [0.5, 0.6) is 5.88 Å². The maximum atomic E-state index is 12.6. The topological polar surface area (TPSA) is 104 Å². The third-order valence-corrected chi connectivity index (χ3v) is 5.38. The number of nitrogens with zero attached hydrogens (tertiary/aromatic N) is 3. The van der Waals surface area contributed by atoms with Crippen LogP contribution in [0, 0.1) is 10.1 Å². The second kappa shape index (κ2) is 7.61. The lowest BCUT2D eigenvalue weighted by Gasteiger charge is -2.09. The summed E-state index contributed by atoms with van der Waals surface area (Å²) in [7, 11) is -4.22. The zero-order chi connectivity index (χ0) is 20.5. The molecule has 0 radical (unpaired) electrons. The van der Waals surface area contributed by atoms with E-state index in [1.165, 1.54) is 4.68 Å². The van der Waals surface area contributed by atoms with Crippen LogP contribution >= 0.6 is 11.6 Å². The second-order valence-corrected chi connectivity index (χ2v) is 8.22. The fraction of sp³-hybridized carbons (Fsp3) is 0.167. The lowest BCUT2D eigenvalue weighted by Crippen LogP contribution is -2.12. The number of benzene rings is 2. The monoisotopic (exact) mass is 421 g/mol. The average Bonchev–Trinajstić information content (AvgIpc) is 3.06. The Labute approximate surface area is 166 Å². The van der Waals surface area contributed by atoms with E-state index in [1.54, 1.807) is 30.3 Å². The van der Waals surface area contributed by atoms with E-state index in [1.807, 2.05) is 13.8 Å². The highest BCUT2D eigenvalue weighted by Crippen LogP contribution is 2.27. The number of aromatic nitrogens is 2. The van der Waals surface area contributed by atoms with E-state index < -0.39 is 15.0 Å². The predicted octanol–water partition coefficient (Wildman–Crippen LogP) is 4.33. The first kappa shape index (κ1) is 19.8. The maximum Gasteiger partial charge on any atom is 0.340 e. The average molecular weight is 422 g/mol. The Morgan fingerprint density at radius 2 is 1.71 bits per heavy atom. The Morgan fingerprint density at radius 3 is 2.25 bits per heavy atom. The van der Waals surface area contributed by atoms with Crippen molar-refractivity contribution in [3.05, 3.63) is 75.4 Å². The maximum absolute atomic E-state index is 12.6. The molecule has 0 spiro atoms. The first-order valence-electron chi connectivity index (χ1n) is 8.22. The molecule has 0 unspecified atom stereocenters. The Kier molecular flexibility index (Phi) is 5.39. The Morgan fingerprint density at radius 1 is 1.11 bits per heavy atom. The van der Waals surface area contributed by atoms with Crippen molar-refractivity contribution in [1.82, 2.24) is 9.78 Å². The van der Waals surface area contributed by atoms with Crippen molar-refractivity contribution in [1.29, 1.82) is 0 Å². The molecule has 3 aromatic rings. The van der Waals surface area contributed by atoms with Gasteiger partial charge < -0.3 is 4.18 Å². The summed E-state index contributed by atoms with van der Waals surface area (Å²) in [6.45, 7) is 3.84. The van der Waals surface area contributed by atoms with Gasteiger partial charge in [0.15, 0.2) is 0 Å². The first-order chi connectivity index (χ1) is 13.2. The molecule has 0 aliphatic rings. The van der Waals surface area contributed by atoms with Crippen LogP contribution in [0.2, 0.25) is 5.02 Å². The molecule has 0 aliphatic carbocycles. The molecule has 0 N–H and O–H groups in total. The normalized spacial score (nSPS) is 11.6. The minimum Gasteiger partial charge on any atom is -0.358 e. The van der Waals surface area contributed by atoms with Gasteiger partial charge in [0, 0.05) is 23.2 Å². The summed E-state index contributed by atoms with van der Waals surface area (Å²) in [5, 5.41) is 15.7. The van der Waals surface area contributed by atoms with Gasteiger partial charge in [-0.05, 0) is 42.3 Å². The number of hydrogen-bond donors (Lipinski definition) is 0. The molecule has 1 heterocycles. The molecule has 0 fully saturated rings. The third kappa shape index (κ3) is 4.15. The largest absolute Gasteiger partial charge is 0.358 e. The molecule has 28 heavy (non-hydrogen) atoms. The van der Waals surface area contributed by atoms with Crippen LogP contribution in [0.15, 0.2) is 59.5 Å². The number of rotatable bonds is 6. The summed E-state index contributed by atoms with van der Waals surface area (Å²) in [5.74, 6) is 0.0438. The SMILES string of the molecule is CC(C)c1cc(OS(=O)(=O)c2ccc([N+](=O)[O-])cc2)n(-c2ccc(Cl)cc2)n1. The molecular formula is C18H16ClN3O5S. The van der Waals surface area contributed by atoms with Gasteiger partial charge in [-0.15, -0.1) is 0 Å². The van der Waals surface area contributed by atoms with Gasteiger partial charge in [0.25, 0.3) is 5.69 Å². The highest BCUT2D eigenvalue weighted by molar-refractivity contribution is 7.87. The number of nitro groups is 1. The van der Waals surface area contributed by atoms with E-state index in [0.29, 0.717) is 16.4 Å². The molecule has 0 atom stereocenters. The number of nitro benzene ring substituents is 1. The van der Waals surface area contributed by atoms with Crippen LogP contribution in [0.25, 0.3) is 5.69 Å². The number of hydrogen-bond acceptors (Lipinski definition) is 6. The Hall–Kier alpha value is -2.91. The van der Waals surface area contributed by atoms with Crippen molar-refractivity contribution in [2.45, 2.75) is 24.7 Å². The van der Waals surface area contributed by atoms with Crippen molar-refractivity contribution in [3.8, 4) is 11.6 Å².